The first-order valence-electron chi connectivity index (χ1n) is 12.7. The van der Waals surface area contributed by atoms with Gasteiger partial charge in [-0.25, -0.2) is 0 Å². The van der Waals surface area contributed by atoms with Crippen LogP contribution in [0.4, 0.5) is 0 Å². The SMILES string of the molecule is CC(C)CCOc1ccc(C2c3c(-c4ccc(Cl)cc4)n[nH]c3C(=O)N2CCN2CCOCC2)cc1. The fourth-order valence-corrected chi connectivity index (χ4v) is 4.96. The average Bonchev–Trinajstić information content (AvgIpc) is 3.43. The van der Waals surface area contributed by atoms with E-state index in [1.54, 1.807) is 0 Å². The van der Waals surface area contributed by atoms with Gasteiger partial charge in [0.2, 0.25) is 0 Å². The Kier molecular flexibility index (Phi) is 7.60. The second-order valence-electron chi connectivity index (χ2n) is 9.82. The van der Waals surface area contributed by atoms with Crippen molar-refractivity contribution in [1.29, 1.82) is 0 Å². The lowest BCUT2D eigenvalue weighted by Gasteiger charge is -2.31. The molecule has 2 aromatic carbocycles. The third-order valence-electron chi connectivity index (χ3n) is 6.90. The molecule has 1 N–H and O–H groups in total. The zero-order chi connectivity index (χ0) is 25.1. The van der Waals surface area contributed by atoms with E-state index in [4.69, 9.17) is 21.1 Å². The number of morpholine rings is 1. The number of carbonyl (C=O) groups excluding carboxylic acids is 1. The molecular weight excluding hydrogens is 476 g/mol. The molecule has 8 heteroatoms. The normalized spacial score (nSPS) is 18.2. The van der Waals surface area contributed by atoms with E-state index in [9.17, 15) is 4.79 Å². The Balaban J connectivity index is 1.45. The standard InChI is InChI=1S/C28H33ClN4O3/c1-19(2)11-16-36-23-9-5-21(6-10-23)27-24-25(20-3-7-22(29)8-4-20)30-31-26(24)28(34)33(27)13-12-32-14-17-35-18-15-32/h3-10,19,27H,11-18H2,1-2H3,(H,30,31). The predicted molar refractivity (Wildman–Crippen MR) is 141 cm³/mol. The molecule has 1 saturated heterocycles. The van der Waals surface area contributed by atoms with Gasteiger partial charge in [0.25, 0.3) is 5.91 Å². The summed E-state index contributed by atoms with van der Waals surface area (Å²) in [4.78, 5) is 17.9. The van der Waals surface area contributed by atoms with Crippen LogP contribution < -0.4 is 4.74 Å². The largest absolute Gasteiger partial charge is 0.494 e. The highest BCUT2D eigenvalue weighted by Gasteiger charge is 2.42. The number of H-pyrrole nitrogens is 1. The summed E-state index contributed by atoms with van der Waals surface area (Å²) in [6, 6.07) is 15.5. The van der Waals surface area contributed by atoms with Crippen LogP contribution in [0.3, 0.4) is 0 Å². The van der Waals surface area contributed by atoms with E-state index in [2.05, 4.69) is 41.1 Å². The Morgan fingerprint density at radius 3 is 2.50 bits per heavy atom. The van der Waals surface area contributed by atoms with Crippen molar-refractivity contribution in [3.05, 3.63) is 70.4 Å². The summed E-state index contributed by atoms with van der Waals surface area (Å²) in [5.41, 5.74) is 4.23. The zero-order valence-electron chi connectivity index (χ0n) is 20.9. The summed E-state index contributed by atoms with van der Waals surface area (Å²) in [5, 5.41) is 8.26. The highest BCUT2D eigenvalue weighted by molar-refractivity contribution is 6.30. The number of nitrogens with one attached hydrogen (secondary N) is 1. The molecule has 1 atom stereocenters. The smallest absolute Gasteiger partial charge is 0.273 e. The Labute approximate surface area is 217 Å². The van der Waals surface area contributed by atoms with Crippen molar-refractivity contribution >= 4 is 17.5 Å². The van der Waals surface area contributed by atoms with Crippen LogP contribution in [-0.4, -0.2) is 71.9 Å². The Bertz CT molecular complexity index is 1170. The van der Waals surface area contributed by atoms with Gasteiger partial charge in [-0.1, -0.05) is 49.7 Å². The van der Waals surface area contributed by atoms with Gasteiger partial charge in [-0.3, -0.25) is 14.8 Å². The van der Waals surface area contributed by atoms with Crippen molar-refractivity contribution in [2.24, 2.45) is 5.92 Å². The topological polar surface area (TPSA) is 70.7 Å². The average molecular weight is 509 g/mol. The minimum atomic E-state index is -0.234. The van der Waals surface area contributed by atoms with Crippen molar-refractivity contribution in [2.75, 3.05) is 46.0 Å². The van der Waals surface area contributed by atoms with Crippen LogP contribution >= 0.6 is 11.6 Å². The van der Waals surface area contributed by atoms with Crippen LogP contribution in [0.25, 0.3) is 11.3 Å². The van der Waals surface area contributed by atoms with Gasteiger partial charge in [0.05, 0.1) is 31.6 Å². The number of aromatic amines is 1. The molecular formula is C28H33ClN4O3. The minimum absolute atomic E-state index is 0.0202. The summed E-state index contributed by atoms with van der Waals surface area (Å²) < 4.78 is 11.4. The second-order valence-corrected chi connectivity index (χ2v) is 10.3. The van der Waals surface area contributed by atoms with E-state index in [0.717, 1.165) is 67.4 Å². The molecule has 1 unspecified atom stereocenters. The number of ether oxygens (including phenoxy) is 2. The number of aromatic nitrogens is 2. The Morgan fingerprint density at radius 1 is 1.08 bits per heavy atom. The fraction of sp³-hybridized carbons (Fsp3) is 0.429. The fourth-order valence-electron chi connectivity index (χ4n) is 4.83. The number of halogens is 1. The summed E-state index contributed by atoms with van der Waals surface area (Å²) in [5.74, 6) is 1.42. The van der Waals surface area contributed by atoms with Crippen molar-refractivity contribution in [2.45, 2.75) is 26.3 Å². The molecule has 2 aliphatic heterocycles. The molecule has 0 aliphatic carbocycles. The van der Waals surface area contributed by atoms with Gasteiger partial charge in [0.1, 0.15) is 11.4 Å². The molecule has 5 rings (SSSR count). The quantitative estimate of drug-likeness (QED) is 0.439. The molecule has 0 bridgehead atoms. The van der Waals surface area contributed by atoms with Crippen LogP contribution in [0, 0.1) is 5.92 Å². The molecule has 36 heavy (non-hydrogen) atoms. The van der Waals surface area contributed by atoms with Gasteiger partial charge in [-0.15, -0.1) is 0 Å². The van der Waals surface area contributed by atoms with Crippen LogP contribution in [0.1, 0.15) is 47.9 Å². The number of nitrogens with zero attached hydrogens (tertiary/aromatic N) is 3. The highest BCUT2D eigenvalue weighted by Crippen LogP contribution is 2.43. The van der Waals surface area contributed by atoms with Crippen LogP contribution in [0.2, 0.25) is 5.02 Å². The molecule has 0 radical (unpaired) electrons. The third kappa shape index (κ3) is 5.28. The maximum Gasteiger partial charge on any atom is 0.273 e. The first-order chi connectivity index (χ1) is 17.5. The highest BCUT2D eigenvalue weighted by atomic mass is 35.5. The monoisotopic (exact) mass is 508 g/mol. The number of fused-ring (bicyclic) bond motifs is 1. The molecule has 0 spiro atoms. The minimum Gasteiger partial charge on any atom is -0.494 e. The Hall–Kier alpha value is -2.87. The van der Waals surface area contributed by atoms with Crippen molar-refractivity contribution in [3.63, 3.8) is 0 Å². The number of hydrogen-bond acceptors (Lipinski definition) is 5. The predicted octanol–water partition coefficient (Wildman–Crippen LogP) is 5.03. The van der Waals surface area contributed by atoms with E-state index in [0.29, 0.717) is 29.8 Å². The summed E-state index contributed by atoms with van der Waals surface area (Å²) in [6.45, 7) is 9.74. The maximum absolute atomic E-state index is 13.6. The van der Waals surface area contributed by atoms with Crippen LogP contribution in [0.15, 0.2) is 48.5 Å². The van der Waals surface area contributed by atoms with Crippen molar-refractivity contribution < 1.29 is 14.3 Å². The van der Waals surface area contributed by atoms with E-state index >= 15 is 0 Å². The van der Waals surface area contributed by atoms with Gasteiger partial charge in [0.15, 0.2) is 0 Å². The molecule has 7 nitrogen and oxygen atoms in total. The van der Waals surface area contributed by atoms with Crippen LogP contribution in [-0.2, 0) is 4.74 Å². The van der Waals surface area contributed by atoms with Gasteiger partial charge in [-0.2, -0.15) is 5.10 Å². The van der Waals surface area contributed by atoms with E-state index in [-0.39, 0.29) is 11.9 Å². The molecule has 3 aromatic rings. The van der Waals surface area contributed by atoms with E-state index in [1.165, 1.54) is 0 Å². The van der Waals surface area contributed by atoms with Crippen molar-refractivity contribution in [3.8, 4) is 17.0 Å². The van der Waals surface area contributed by atoms with E-state index in [1.807, 2.05) is 41.3 Å². The summed E-state index contributed by atoms with van der Waals surface area (Å²) in [7, 11) is 0. The molecule has 1 aromatic heterocycles. The molecule has 190 valence electrons. The summed E-state index contributed by atoms with van der Waals surface area (Å²) in [6.07, 6.45) is 1.01. The number of rotatable bonds is 9. The molecule has 0 saturated carbocycles. The van der Waals surface area contributed by atoms with Gasteiger partial charge in [0, 0.05) is 42.3 Å². The van der Waals surface area contributed by atoms with Crippen LogP contribution in [0.5, 0.6) is 5.75 Å². The molecule has 1 amide bonds. The lowest BCUT2D eigenvalue weighted by atomic mass is 9.96. The maximum atomic E-state index is 13.6. The lowest BCUT2D eigenvalue weighted by molar-refractivity contribution is 0.0316. The van der Waals surface area contributed by atoms with Gasteiger partial charge < -0.3 is 14.4 Å². The summed E-state index contributed by atoms with van der Waals surface area (Å²) >= 11 is 6.13. The Morgan fingerprint density at radius 2 is 1.81 bits per heavy atom. The van der Waals surface area contributed by atoms with Gasteiger partial charge in [-0.05, 0) is 42.2 Å². The van der Waals surface area contributed by atoms with Gasteiger partial charge >= 0.3 is 0 Å². The number of benzene rings is 2. The zero-order valence-corrected chi connectivity index (χ0v) is 21.6. The number of carbonyl (C=O) groups is 1. The third-order valence-corrected chi connectivity index (χ3v) is 7.15. The molecule has 1 fully saturated rings. The van der Waals surface area contributed by atoms with Crippen molar-refractivity contribution in [1.82, 2.24) is 20.0 Å². The first kappa shape index (κ1) is 24.8. The molecule has 3 heterocycles. The second kappa shape index (κ2) is 11.0. The molecule has 2 aliphatic rings. The van der Waals surface area contributed by atoms with E-state index < -0.39 is 0 Å². The number of amides is 1. The lowest BCUT2D eigenvalue weighted by Crippen LogP contribution is -2.42. The number of hydrogen-bond donors (Lipinski definition) is 1. The first-order valence-corrected chi connectivity index (χ1v) is 13.1.